The molecule has 8 heteroatoms. The van der Waals surface area contributed by atoms with Crippen molar-refractivity contribution in [3.8, 4) is 5.88 Å². The summed E-state index contributed by atoms with van der Waals surface area (Å²) in [5.41, 5.74) is 0.304. The van der Waals surface area contributed by atoms with Crippen LogP contribution in [0.3, 0.4) is 0 Å². The molecule has 7 nitrogen and oxygen atoms in total. The molecule has 1 aliphatic heterocycles. The van der Waals surface area contributed by atoms with Crippen molar-refractivity contribution >= 4 is 21.5 Å². The van der Waals surface area contributed by atoms with Gasteiger partial charge in [-0.25, -0.2) is 9.19 Å². The average Bonchev–Trinajstić information content (AvgIpc) is 2.74. The molecule has 1 saturated heterocycles. The Morgan fingerprint density at radius 1 is 1.23 bits per heavy atom. The van der Waals surface area contributed by atoms with E-state index in [2.05, 4.69) is 16.3 Å². The Balaban J connectivity index is 1.59. The van der Waals surface area contributed by atoms with Crippen LogP contribution < -0.4 is 4.74 Å². The molecule has 0 bridgehead atoms. The van der Waals surface area contributed by atoms with Gasteiger partial charge in [0.25, 0.3) is 5.91 Å². The first-order chi connectivity index (χ1) is 14.7. The number of nitrogens with zero attached hydrogens (tertiary/aromatic N) is 3. The third-order valence-corrected chi connectivity index (χ3v) is 8.78. The second-order valence-corrected chi connectivity index (χ2v) is 11.6. The van der Waals surface area contributed by atoms with Crippen LogP contribution in [0, 0.1) is 5.41 Å². The molecule has 1 saturated carbocycles. The molecule has 3 rings (SSSR count). The summed E-state index contributed by atoms with van der Waals surface area (Å²) in [5, 5.41) is -0.178. The van der Waals surface area contributed by atoms with Crippen molar-refractivity contribution in [2.75, 3.05) is 26.0 Å². The monoisotopic (exact) mass is 449 g/mol. The molecule has 31 heavy (non-hydrogen) atoms. The number of hydrogen-bond acceptors (Lipinski definition) is 5. The van der Waals surface area contributed by atoms with E-state index in [9.17, 15) is 13.8 Å². The topological polar surface area (TPSA) is 88.9 Å². The van der Waals surface area contributed by atoms with Crippen molar-refractivity contribution in [1.82, 2.24) is 9.88 Å². The summed E-state index contributed by atoms with van der Waals surface area (Å²) >= 11 is 0. The van der Waals surface area contributed by atoms with Crippen LogP contribution in [0.4, 0.5) is 0 Å². The fraction of sp³-hybridized carbons (Fsp3) is 0.696. The van der Waals surface area contributed by atoms with E-state index < -0.39 is 15.6 Å². The standard InChI is InChI=1S/C23H35N3O4S/c1-4-30-21-10-8-9-18(24-21)17-20(27)25-31(3,29)19-11-15-26(16-12-19)22(28)23(2)13-6-5-7-14-23/h8-10,19H,4-7,11-17H2,1-3H3. The third kappa shape index (κ3) is 6.05. The number of ether oxygens (including phenoxy) is 1. The van der Waals surface area contributed by atoms with Crippen molar-refractivity contribution in [2.45, 2.75) is 70.5 Å². The van der Waals surface area contributed by atoms with Crippen LogP contribution in [-0.4, -0.2) is 57.1 Å². The fourth-order valence-electron chi connectivity index (χ4n) is 4.67. The lowest BCUT2D eigenvalue weighted by Crippen LogP contribution is -2.48. The minimum atomic E-state index is -2.68. The van der Waals surface area contributed by atoms with Gasteiger partial charge in [0.1, 0.15) is 0 Å². The normalized spacial score (nSPS) is 21.2. The van der Waals surface area contributed by atoms with Gasteiger partial charge in [0, 0.05) is 36.1 Å². The molecule has 1 aromatic rings. The molecule has 172 valence electrons. The van der Waals surface area contributed by atoms with Gasteiger partial charge in [0.2, 0.25) is 11.8 Å². The van der Waals surface area contributed by atoms with Gasteiger partial charge in [0.15, 0.2) is 0 Å². The minimum absolute atomic E-state index is 0.00142. The molecule has 1 aliphatic carbocycles. The van der Waals surface area contributed by atoms with Crippen LogP contribution in [0.5, 0.6) is 5.88 Å². The minimum Gasteiger partial charge on any atom is -0.478 e. The molecule has 1 atom stereocenters. The summed E-state index contributed by atoms with van der Waals surface area (Å²) < 4.78 is 22.7. The highest BCUT2D eigenvalue weighted by Gasteiger charge is 2.39. The maximum absolute atomic E-state index is 13.2. The SMILES string of the molecule is CCOc1cccc(CC(=O)N=S(C)(=O)C2CCN(C(=O)C3(C)CCCCC3)CC2)n1. The van der Waals surface area contributed by atoms with Crippen molar-refractivity contribution in [3.63, 3.8) is 0 Å². The highest BCUT2D eigenvalue weighted by molar-refractivity contribution is 7.93. The molecule has 0 N–H and O–H groups in total. The zero-order chi connectivity index (χ0) is 22.5. The molecular formula is C23H35N3O4S. The largest absolute Gasteiger partial charge is 0.478 e. The smallest absolute Gasteiger partial charge is 0.259 e. The number of amides is 2. The predicted octanol–water partition coefficient (Wildman–Crippen LogP) is 3.61. The lowest BCUT2D eigenvalue weighted by molar-refractivity contribution is -0.144. The number of carbonyl (C=O) groups is 2. The molecule has 2 amide bonds. The van der Waals surface area contributed by atoms with E-state index in [-0.39, 0.29) is 23.0 Å². The van der Waals surface area contributed by atoms with Gasteiger partial charge < -0.3 is 9.64 Å². The summed E-state index contributed by atoms with van der Waals surface area (Å²) in [4.78, 5) is 31.7. The highest BCUT2D eigenvalue weighted by Crippen LogP contribution is 2.38. The summed E-state index contributed by atoms with van der Waals surface area (Å²) in [7, 11) is -2.68. The Bertz CT molecular complexity index is 909. The average molecular weight is 450 g/mol. The zero-order valence-corrected chi connectivity index (χ0v) is 19.8. The lowest BCUT2D eigenvalue weighted by atomic mass is 9.74. The first kappa shape index (κ1) is 23.7. The second kappa shape index (κ2) is 10.1. The summed E-state index contributed by atoms with van der Waals surface area (Å²) in [6.45, 7) is 5.64. The van der Waals surface area contributed by atoms with Crippen LogP contribution >= 0.6 is 0 Å². The molecule has 2 heterocycles. The van der Waals surface area contributed by atoms with Gasteiger partial charge in [-0.1, -0.05) is 32.3 Å². The van der Waals surface area contributed by atoms with Crippen molar-refractivity contribution < 1.29 is 18.5 Å². The quantitative estimate of drug-likeness (QED) is 0.662. The predicted molar refractivity (Wildman–Crippen MR) is 121 cm³/mol. The van der Waals surface area contributed by atoms with Gasteiger partial charge >= 0.3 is 0 Å². The maximum atomic E-state index is 13.2. The second-order valence-electron chi connectivity index (χ2n) is 9.04. The zero-order valence-electron chi connectivity index (χ0n) is 19.0. The van der Waals surface area contributed by atoms with E-state index in [1.54, 1.807) is 24.5 Å². The molecule has 0 radical (unpaired) electrons. The van der Waals surface area contributed by atoms with Crippen LogP contribution in [0.15, 0.2) is 22.6 Å². The number of rotatable bonds is 6. The highest BCUT2D eigenvalue weighted by atomic mass is 32.2. The van der Waals surface area contributed by atoms with E-state index in [1.807, 2.05) is 11.8 Å². The number of aromatic nitrogens is 1. The molecule has 0 spiro atoms. The number of hydrogen-bond donors (Lipinski definition) is 0. The van der Waals surface area contributed by atoms with E-state index in [0.29, 0.717) is 44.1 Å². The van der Waals surface area contributed by atoms with Crippen molar-refractivity contribution in [2.24, 2.45) is 9.78 Å². The molecular weight excluding hydrogens is 414 g/mol. The van der Waals surface area contributed by atoms with E-state index in [1.165, 1.54) is 6.42 Å². The Morgan fingerprint density at radius 3 is 2.55 bits per heavy atom. The molecule has 1 unspecified atom stereocenters. The van der Waals surface area contributed by atoms with Gasteiger partial charge in [-0.2, -0.15) is 4.36 Å². The molecule has 0 aromatic carbocycles. The van der Waals surface area contributed by atoms with Crippen molar-refractivity contribution in [1.29, 1.82) is 0 Å². The van der Waals surface area contributed by atoms with Gasteiger partial charge in [-0.15, -0.1) is 0 Å². The van der Waals surface area contributed by atoms with Crippen LogP contribution in [-0.2, 0) is 25.7 Å². The number of carbonyl (C=O) groups excluding carboxylic acids is 2. The van der Waals surface area contributed by atoms with E-state index in [0.717, 1.165) is 25.7 Å². The lowest BCUT2D eigenvalue weighted by Gasteiger charge is -2.40. The van der Waals surface area contributed by atoms with Crippen LogP contribution in [0.1, 0.15) is 64.5 Å². The first-order valence-corrected chi connectivity index (χ1v) is 13.3. The van der Waals surface area contributed by atoms with Gasteiger partial charge in [0.05, 0.1) is 28.5 Å². The fourth-order valence-corrected chi connectivity index (χ4v) is 6.38. The number of pyridine rings is 1. The third-order valence-electron chi connectivity index (χ3n) is 6.51. The Labute approximate surface area is 186 Å². The van der Waals surface area contributed by atoms with Gasteiger partial charge in [-0.05, 0) is 38.7 Å². The summed E-state index contributed by atoms with van der Waals surface area (Å²) in [6, 6.07) is 5.26. The summed E-state index contributed by atoms with van der Waals surface area (Å²) in [6.07, 6.45) is 8.16. The molecule has 2 fully saturated rings. The maximum Gasteiger partial charge on any atom is 0.259 e. The molecule has 2 aliphatic rings. The summed E-state index contributed by atoms with van der Waals surface area (Å²) in [5.74, 6) is 0.275. The number of likely N-dealkylation sites (tertiary alicyclic amines) is 1. The Morgan fingerprint density at radius 2 is 1.90 bits per heavy atom. The molecule has 1 aromatic heterocycles. The van der Waals surface area contributed by atoms with E-state index in [4.69, 9.17) is 4.74 Å². The van der Waals surface area contributed by atoms with Crippen LogP contribution in [0.25, 0.3) is 0 Å². The number of piperidine rings is 1. The van der Waals surface area contributed by atoms with Gasteiger partial charge in [-0.3, -0.25) is 9.59 Å². The van der Waals surface area contributed by atoms with E-state index >= 15 is 0 Å². The van der Waals surface area contributed by atoms with Crippen molar-refractivity contribution in [3.05, 3.63) is 23.9 Å². The Kier molecular flexibility index (Phi) is 7.73. The Hall–Kier alpha value is -1.96. The first-order valence-electron chi connectivity index (χ1n) is 11.4. The van der Waals surface area contributed by atoms with Crippen LogP contribution in [0.2, 0.25) is 0 Å².